The molecule has 15 heavy (non-hydrogen) atoms. The minimum Gasteiger partial charge on any atom is -0.448 e. The van der Waals surface area contributed by atoms with E-state index in [0.717, 1.165) is 4.90 Å². The van der Waals surface area contributed by atoms with E-state index in [2.05, 4.69) is 10.5 Å². The number of nitrogens with one attached hydrogen (secondary N) is 1. The van der Waals surface area contributed by atoms with E-state index in [4.69, 9.17) is 0 Å². The fraction of sp³-hybridized carbons (Fsp3) is 0.429. The third-order valence-corrected chi connectivity index (χ3v) is 1.66. The van der Waals surface area contributed by atoms with Crippen LogP contribution in [0.25, 0.3) is 0 Å². The van der Waals surface area contributed by atoms with Crippen molar-refractivity contribution in [3.05, 3.63) is 0 Å². The van der Waals surface area contributed by atoms with Gasteiger partial charge in [0.15, 0.2) is 0 Å². The summed E-state index contributed by atoms with van der Waals surface area (Å²) in [7, 11) is 0. The van der Waals surface area contributed by atoms with Gasteiger partial charge in [-0.3, -0.25) is 19.8 Å². The lowest BCUT2D eigenvalue weighted by molar-refractivity contribution is -0.136. The molecule has 0 unspecified atom stereocenters. The van der Waals surface area contributed by atoms with Crippen molar-refractivity contribution in [2.24, 2.45) is 5.73 Å². The number of urea groups is 1. The summed E-state index contributed by atoms with van der Waals surface area (Å²) in [4.78, 5) is 44.0. The molecule has 0 spiro atoms. The number of nitrogens with two attached hydrogens (primary N) is 1. The number of barbiturate groups is 1. The van der Waals surface area contributed by atoms with Crippen LogP contribution >= 0.6 is 0 Å². The summed E-state index contributed by atoms with van der Waals surface area (Å²) in [5.74, 6) is -1.27. The third kappa shape index (κ3) is 2.93. The molecule has 0 atom stereocenters. The largest absolute Gasteiger partial charge is 0.448 e. The van der Waals surface area contributed by atoms with Crippen molar-refractivity contribution < 1.29 is 23.9 Å². The topological polar surface area (TPSA) is 119 Å². The molecule has 0 aromatic heterocycles. The summed E-state index contributed by atoms with van der Waals surface area (Å²) in [6.07, 6.45) is -1.38. The minimum absolute atomic E-state index is 0.124. The van der Waals surface area contributed by atoms with Crippen LogP contribution in [0.4, 0.5) is 9.59 Å². The van der Waals surface area contributed by atoms with Crippen molar-refractivity contribution in [3.8, 4) is 0 Å². The van der Waals surface area contributed by atoms with E-state index in [9.17, 15) is 19.2 Å². The fourth-order valence-electron chi connectivity index (χ4n) is 1.04. The normalized spacial score (nSPS) is 16.3. The number of carbonyl (C=O) groups is 4. The highest BCUT2D eigenvalue weighted by atomic mass is 16.5. The van der Waals surface area contributed by atoms with Gasteiger partial charge in [-0.2, -0.15) is 0 Å². The van der Waals surface area contributed by atoms with Crippen LogP contribution in [-0.4, -0.2) is 42.0 Å². The number of carbonyl (C=O) groups excluding carboxylic acids is 4. The van der Waals surface area contributed by atoms with Crippen molar-refractivity contribution in [1.29, 1.82) is 0 Å². The second-order valence-electron chi connectivity index (χ2n) is 2.74. The molecular formula is C7H9N3O5. The molecule has 1 fully saturated rings. The second kappa shape index (κ2) is 4.40. The number of rotatable bonds is 3. The van der Waals surface area contributed by atoms with Crippen LogP contribution in [0.3, 0.4) is 0 Å². The van der Waals surface area contributed by atoms with Gasteiger partial charge in [0.1, 0.15) is 13.0 Å². The van der Waals surface area contributed by atoms with Gasteiger partial charge in [-0.25, -0.2) is 9.59 Å². The molecule has 8 nitrogen and oxygen atoms in total. The number of nitrogens with zero attached hydrogens (tertiary/aromatic N) is 1. The standard InChI is InChI=1S/C7H9N3O5/c8-6(13)15-2-1-10-5(12)3-4(11)9-7(10)14/h1-3H2,(H2,8,13)(H,9,11,14). The number of primary amides is 1. The quantitative estimate of drug-likeness (QED) is 0.558. The van der Waals surface area contributed by atoms with Gasteiger partial charge in [0.2, 0.25) is 11.8 Å². The number of hydrogen-bond acceptors (Lipinski definition) is 5. The summed E-state index contributed by atoms with van der Waals surface area (Å²) in [5, 5.41) is 1.95. The molecule has 5 amide bonds. The van der Waals surface area contributed by atoms with Crippen molar-refractivity contribution in [2.75, 3.05) is 13.2 Å². The molecule has 0 aliphatic carbocycles. The summed E-state index contributed by atoms with van der Waals surface area (Å²) in [5.41, 5.74) is 4.68. The van der Waals surface area contributed by atoms with E-state index < -0.39 is 23.9 Å². The molecule has 1 saturated heterocycles. The maximum atomic E-state index is 11.2. The zero-order chi connectivity index (χ0) is 11.4. The van der Waals surface area contributed by atoms with Gasteiger partial charge in [0.25, 0.3) is 0 Å². The second-order valence-corrected chi connectivity index (χ2v) is 2.74. The van der Waals surface area contributed by atoms with Gasteiger partial charge in [-0.05, 0) is 0 Å². The lowest BCUT2D eigenvalue weighted by Crippen LogP contribution is -2.53. The number of hydrogen-bond donors (Lipinski definition) is 2. The van der Waals surface area contributed by atoms with Crippen molar-refractivity contribution in [3.63, 3.8) is 0 Å². The van der Waals surface area contributed by atoms with Crippen molar-refractivity contribution >= 4 is 23.9 Å². The molecule has 0 aromatic rings. The highest BCUT2D eigenvalue weighted by Crippen LogP contribution is 2.01. The summed E-state index contributed by atoms with van der Waals surface area (Å²) >= 11 is 0. The van der Waals surface area contributed by atoms with Crippen LogP contribution in [-0.2, 0) is 14.3 Å². The lowest BCUT2D eigenvalue weighted by Gasteiger charge is -2.24. The van der Waals surface area contributed by atoms with Crippen LogP contribution in [0.15, 0.2) is 0 Å². The number of amides is 5. The Morgan fingerprint density at radius 1 is 1.47 bits per heavy atom. The zero-order valence-corrected chi connectivity index (χ0v) is 7.69. The molecule has 0 aromatic carbocycles. The summed E-state index contributed by atoms with van der Waals surface area (Å²) in [6, 6.07) is -0.815. The van der Waals surface area contributed by atoms with Crippen molar-refractivity contribution in [2.45, 2.75) is 6.42 Å². The molecule has 0 radical (unpaired) electrons. The molecule has 1 rings (SSSR count). The van der Waals surface area contributed by atoms with E-state index >= 15 is 0 Å². The van der Waals surface area contributed by atoms with Crippen LogP contribution in [0.1, 0.15) is 6.42 Å². The Morgan fingerprint density at radius 3 is 2.67 bits per heavy atom. The van der Waals surface area contributed by atoms with E-state index in [-0.39, 0.29) is 19.6 Å². The van der Waals surface area contributed by atoms with Gasteiger partial charge in [0.05, 0.1) is 6.54 Å². The monoisotopic (exact) mass is 215 g/mol. The maximum absolute atomic E-state index is 11.2. The molecule has 3 N–H and O–H groups in total. The van der Waals surface area contributed by atoms with Gasteiger partial charge >= 0.3 is 12.1 Å². The molecule has 1 aliphatic heterocycles. The summed E-state index contributed by atoms with van der Waals surface area (Å²) < 4.78 is 4.35. The lowest BCUT2D eigenvalue weighted by atomic mass is 10.3. The first kappa shape index (κ1) is 11.0. The Balaban J connectivity index is 2.46. The van der Waals surface area contributed by atoms with Gasteiger partial charge in [0, 0.05) is 0 Å². The van der Waals surface area contributed by atoms with E-state index in [1.165, 1.54) is 0 Å². The van der Waals surface area contributed by atoms with E-state index in [1.54, 1.807) is 0 Å². The van der Waals surface area contributed by atoms with Crippen LogP contribution in [0.2, 0.25) is 0 Å². The molecule has 82 valence electrons. The highest BCUT2D eigenvalue weighted by molar-refractivity contribution is 6.14. The molecule has 0 bridgehead atoms. The van der Waals surface area contributed by atoms with Crippen LogP contribution < -0.4 is 11.1 Å². The molecular weight excluding hydrogens is 206 g/mol. The van der Waals surface area contributed by atoms with Crippen molar-refractivity contribution in [1.82, 2.24) is 10.2 Å². The Bertz CT molecular complexity index is 307. The Hall–Kier alpha value is -2.12. The fourth-order valence-corrected chi connectivity index (χ4v) is 1.04. The first-order valence-electron chi connectivity index (χ1n) is 4.07. The molecule has 8 heteroatoms. The first-order valence-corrected chi connectivity index (χ1v) is 4.07. The highest BCUT2D eigenvalue weighted by Gasteiger charge is 2.30. The Morgan fingerprint density at radius 2 is 2.13 bits per heavy atom. The van der Waals surface area contributed by atoms with Crippen LogP contribution in [0, 0.1) is 0 Å². The Kier molecular flexibility index (Phi) is 3.21. The van der Waals surface area contributed by atoms with Gasteiger partial charge in [-0.1, -0.05) is 0 Å². The van der Waals surface area contributed by atoms with Gasteiger partial charge < -0.3 is 10.5 Å². The molecule has 1 heterocycles. The predicted octanol–water partition coefficient (Wildman–Crippen LogP) is -1.45. The predicted molar refractivity (Wildman–Crippen MR) is 45.4 cm³/mol. The average molecular weight is 215 g/mol. The van der Waals surface area contributed by atoms with Gasteiger partial charge in [-0.15, -0.1) is 0 Å². The van der Waals surface area contributed by atoms with E-state index in [0.29, 0.717) is 0 Å². The average Bonchev–Trinajstić information content (AvgIpc) is 2.08. The zero-order valence-electron chi connectivity index (χ0n) is 7.69. The SMILES string of the molecule is NC(=O)OCCN1C(=O)CC(=O)NC1=O. The smallest absolute Gasteiger partial charge is 0.404 e. The molecule has 1 aliphatic rings. The third-order valence-electron chi connectivity index (χ3n) is 1.66. The first-order chi connectivity index (χ1) is 7.00. The van der Waals surface area contributed by atoms with E-state index in [1.807, 2.05) is 5.32 Å². The van der Waals surface area contributed by atoms with Crippen LogP contribution in [0.5, 0.6) is 0 Å². The number of ether oxygens (including phenoxy) is 1. The Labute approximate surface area is 84.3 Å². The molecule has 0 saturated carbocycles. The minimum atomic E-state index is -0.990. The summed E-state index contributed by atoms with van der Waals surface area (Å²) in [6.45, 7) is -0.316. The maximum Gasteiger partial charge on any atom is 0.404 e. The number of imide groups is 2.